The van der Waals surface area contributed by atoms with Crippen molar-refractivity contribution in [3.05, 3.63) is 22.4 Å². The topological polar surface area (TPSA) is 17.1 Å². The van der Waals surface area contributed by atoms with Crippen LogP contribution in [0.15, 0.2) is 16.8 Å². The van der Waals surface area contributed by atoms with Crippen molar-refractivity contribution in [2.75, 3.05) is 0 Å². The van der Waals surface area contributed by atoms with Gasteiger partial charge in [-0.25, -0.2) is 0 Å². The molecule has 0 aromatic carbocycles. The van der Waals surface area contributed by atoms with Crippen LogP contribution in [-0.4, -0.2) is 5.78 Å². The second-order valence-corrected chi connectivity index (χ2v) is 5.49. The second-order valence-electron chi connectivity index (χ2n) is 4.71. The molecular formula is C13H18OS. The van der Waals surface area contributed by atoms with Crippen molar-refractivity contribution in [2.24, 2.45) is 11.8 Å². The Morgan fingerprint density at radius 2 is 2.40 bits per heavy atom. The van der Waals surface area contributed by atoms with Gasteiger partial charge >= 0.3 is 0 Å². The molecule has 0 N–H and O–H groups in total. The minimum absolute atomic E-state index is 0.341. The van der Waals surface area contributed by atoms with Gasteiger partial charge in [-0.1, -0.05) is 6.92 Å². The standard InChI is InChI=1S/C13H18OS/c1-10-2-5-13(14)12(8-10)4-3-11-6-7-15-9-11/h6-7,9-10,12H,2-5,8H2,1H3. The number of aryl methyl sites for hydroxylation is 1. The zero-order chi connectivity index (χ0) is 10.7. The van der Waals surface area contributed by atoms with Gasteiger partial charge in [-0.05, 0) is 54.0 Å². The van der Waals surface area contributed by atoms with Crippen molar-refractivity contribution in [1.82, 2.24) is 0 Å². The van der Waals surface area contributed by atoms with Crippen LogP contribution in [0.3, 0.4) is 0 Å². The summed E-state index contributed by atoms with van der Waals surface area (Å²) in [5.74, 6) is 1.59. The van der Waals surface area contributed by atoms with E-state index < -0.39 is 0 Å². The van der Waals surface area contributed by atoms with E-state index in [1.807, 2.05) is 0 Å². The highest BCUT2D eigenvalue weighted by Crippen LogP contribution is 2.29. The minimum Gasteiger partial charge on any atom is -0.299 e. The third-order valence-corrected chi connectivity index (χ3v) is 4.12. The number of carbonyl (C=O) groups is 1. The summed E-state index contributed by atoms with van der Waals surface area (Å²) in [7, 11) is 0. The summed E-state index contributed by atoms with van der Waals surface area (Å²) >= 11 is 1.74. The van der Waals surface area contributed by atoms with Crippen LogP contribution in [0, 0.1) is 11.8 Å². The van der Waals surface area contributed by atoms with Crippen molar-refractivity contribution in [3.63, 3.8) is 0 Å². The second kappa shape index (κ2) is 4.93. The highest BCUT2D eigenvalue weighted by molar-refractivity contribution is 7.07. The maximum atomic E-state index is 11.7. The molecule has 1 aromatic rings. The van der Waals surface area contributed by atoms with Gasteiger partial charge in [0.1, 0.15) is 5.78 Å². The molecule has 0 saturated heterocycles. The van der Waals surface area contributed by atoms with Crippen LogP contribution in [-0.2, 0) is 11.2 Å². The summed E-state index contributed by atoms with van der Waals surface area (Å²) in [6, 6.07) is 2.17. The summed E-state index contributed by atoms with van der Waals surface area (Å²) in [6.45, 7) is 2.27. The average molecular weight is 222 g/mol. The molecule has 2 atom stereocenters. The maximum Gasteiger partial charge on any atom is 0.136 e. The molecule has 0 spiro atoms. The fraction of sp³-hybridized carbons (Fsp3) is 0.615. The van der Waals surface area contributed by atoms with Gasteiger partial charge in [-0.2, -0.15) is 11.3 Å². The van der Waals surface area contributed by atoms with E-state index in [2.05, 4.69) is 23.8 Å². The van der Waals surface area contributed by atoms with Crippen LogP contribution in [0.25, 0.3) is 0 Å². The number of carbonyl (C=O) groups excluding carboxylic acids is 1. The summed E-state index contributed by atoms with van der Waals surface area (Å²) in [4.78, 5) is 11.7. The minimum atomic E-state index is 0.341. The number of hydrogen-bond acceptors (Lipinski definition) is 2. The third-order valence-electron chi connectivity index (χ3n) is 3.39. The lowest BCUT2D eigenvalue weighted by Gasteiger charge is -2.25. The number of thiophene rings is 1. The van der Waals surface area contributed by atoms with Gasteiger partial charge in [-0.3, -0.25) is 4.79 Å². The molecule has 0 radical (unpaired) electrons. The monoisotopic (exact) mass is 222 g/mol. The van der Waals surface area contributed by atoms with Gasteiger partial charge in [0.15, 0.2) is 0 Å². The van der Waals surface area contributed by atoms with Crippen molar-refractivity contribution >= 4 is 17.1 Å². The fourth-order valence-electron chi connectivity index (χ4n) is 2.38. The molecule has 1 aromatic heterocycles. The zero-order valence-electron chi connectivity index (χ0n) is 9.24. The third kappa shape index (κ3) is 2.91. The van der Waals surface area contributed by atoms with Crippen LogP contribution in [0.4, 0.5) is 0 Å². The highest BCUT2D eigenvalue weighted by Gasteiger charge is 2.25. The predicted molar refractivity (Wildman–Crippen MR) is 64.2 cm³/mol. The maximum absolute atomic E-state index is 11.7. The molecular weight excluding hydrogens is 204 g/mol. The van der Waals surface area contributed by atoms with Crippen molar-refractivity contribution < 1.29 is 4.79 Å². The largest absolute Gasteiger partial charge is 0.299 e. The molecule has 1 aliphatic carbocycles. The van der Waals surface area contributed by atoms with Crippen LogP contribution >= 0.6 is 11.3 Å². The Bertz CT molecular complexity index is 315. The van der Waals surface area contributed by atoms with Crippen LogP contribution < -0.4 is 0 Å². The first-order valence-corrected chi connectivity index (χ1v) is 6.74. The Balaban J connectivity index is 1.85. The Labute approximate surface area is 95.5 Å². The quantitative estimate of drug-likeness (QED) is 0.762. The number of Topliss-reactive ketones (excluding diaryl/α,β-unsaturated/α-hetero) is 1. The fourth-order valence-corrected chi connectivity index (χ4v) is 3.09. The number of ketones is 1. The first-order chi connectivity index (χ1) is 7.25. The predicted octanol–water partition coefficient (Wildman–Crippen LogP) is 3.69. The molecule has 0 aliphatic heterocycles. The van der Waals surface area contributed by atoms with E-state index in [9.17, 15) is 4.79 Å². The first-order valence-electron chi connectivity index (χ1n) is 5.79. The Morgan fingerprint density at radius 3 is 3.13 bits per heavy atom. The molecule has 1 nitrogen and oxygen atoms in total. The normalized spacial score (nSPS) is 26.9. The number of hydrogen-bond donors (Lipinski definition) is 0. The lowest BCUT2D eigenvalue weighted by molar-refractivity contribution is -0.125. The zero-order valence-corrected chi connectivity index (χ0v) is 10.1. The molecule has 15 heavy (non-hydrogen) atoms. The lowest BCUT2D eigenvalue weighted by Crippen LogP contribution is -2.24. The van der Waals surface area contributed by atoms with Gasteiger partial charge < -0.3 is 0 Å². The van der Waals surface area contributed by atoms with Crippen LogP contribution in [0.5, 0.6) is 0 Å². The highest BCUT2D eigenvalue weighted by atomic mass is 32.1. The van der Waals surface area contributed by atoms with E-state index in [1.165, 1.54) is 5.56 Å². The lowest BCUT2D eigenvalue weighted by atomic mass is 9.79. The smallest absolute Gasteiger partial charge is 0.136 e. The summed E-state index contributed by atoms with van der Waals surface area (Å²) < 4.78 is 0. The molecule has 1 saturated carbocycles. The SMILES string of the molecule is CC1CCC(=O)C(CCc2ccsc2)C1. The molecule has 2 unspecified atom stereocenters. The molecule has 2 rings (SSSR count). The van der Waals surface area contributed by atoms with Crippen molar-refractivity contribution in [1.29, 1.82) is 0 Å². The molecule has 1 aliphatic rings. The van der Waals surface area contributed by atoms with Gasteiger partial charge in [0.05, 0.1) is 0 Å². The van der Waals surface area contributed by atoms with Crippen LogP contribution in [0.1, 0.15) is 38.2 Å². The van der Waals surface area contributed by atoms with E-state index >= 15 is 0 Å². The molecule has 0 amide bonds. The van der Waals surface area contributed by atoms with E-state index in [0.717, 1.165) is 38.0 Å². The Kier molecular flexibility index (Phi) is 3.57. The summed E-state index contributed by atoms with van der Waals surface area (Å²) in [5, 5.41) is 4.30. The van der Waals surface area contributed by atoms with E-state index in [-0.39, 0.29) is 0 Å². The molecule has 82 valence electrons. The Morgan fingerprint density at radius 1 is 1.53 bits per heavy atom. The van der Waals surface area contributed by atoms with E-state index in [1.54, 1.807) is 11.3 Å². The van der Waals surface area contributed by atoms with Gasteiger partial charge in [0.25, 0.3) is 0 Å². The number of rotatable bonds is 3. The van der Waals surface area contributed by atoms with Crippen molar-refractivity contribution in [3.8, 4) is 0 Å². The molecule has 0 bridgehead atoms. The van der Waals surface area contributed by atoms with Gasteiger partial charge in [-0.15, -0.1) is 0 Å². The molecule has 1 fully saturated rings. The van der Waals surface area contributed by atoms with E-state index in [4.69, 9.17) is 0 Å². The molecule has 2 heteroatoms. The Hall–Kier alpha value is -0.630. The summed E-state index contributed by atoms with van der Waals surface area (Å²) in [5.41, 5.74) is 1.39. The van der Waals surface area contributed by atoms with Gasteiger partial charge in [0.2, 0.25) is 0 Å². The molecule has 1 heterocycles. The first kappa shape index (κ1) is 10.9. The summed E-state index contributed by atoms with van der Waals surface area (Å²) in [6.07, 6.45) is 5.17. The van der Waals surface area contributed by atoms with Gasteiger partial charge in [0, 0.05) is 12.3 Å². The van der Waals surface area contributed by atoms with Crippen LogP contribution in [0.2, 0.25) is 0 Å². The van der Waals surface area contributed by atoms with Crippen molar-refractivity contribution in [2.45, 2.75) is 39.0 Å². The van der Waals surface area contributed by atoms with E-state index in [0.29, 0.717) is 11.7 Å². The average Bonchev–Trinajstić information content (AvgIpc) is 2.72.